The highest BCUT2D eigenvalue weighted by atomic mass is 32.2. The molecule has 1 aromatic carbocycles. The highest BCUT2D eigenvalue weighted by Gasteiger charge is 2.10. The molecule has 1 aromatic rings. The fourth-order valence-electron chi connectivity index (χ4n) is 1.78. The molecular weight excluding hydrogens is 240 g/mol. The van der Waals surface area contributed by atoms with E-state index in [0.29, 0.717) is 6.04 Å². The Morgan fingerprint density at radius 3 is 2.65 bits per heavy atom. The zero-order valence-corrected chi connectivity index (χ0v) is 11.1. The maximum Gasteiger partial charge on any atom is 0.159 e. The van der Waals surface area contributed by atoms with E-state index in [9.17, 15) is 8.78 Å². The molecule has 0 saturated heterocycles. The zero-order chi connectivity index (χ0) is 12.7. The second kappa shape index (κ2) is 7.67. The first-order chi connectivity index (χ1) is 8.17. The Balaban J connectivity index is 2.61. The highest BCUT2D eigenvalue weighted by molar-refractivity contribution is 7.98. The first-order valence-electron chi connectivity index (χ1n) is 5.83. The van der Waals surface area contributed by atoms with Crippen molar-refractivity contribution in [2.24, 2.45) is 0 Å². The van der Waals surface area contributed by atoms with E-state index >= 15 is 0 Å². The van der Waals surface area contributed by atoms with Gasteiger partial charge in [-0.1, -0.05) is 13.0 Å². The maximum absolute atomic E-state index is 13.1. The average molecular weight is 259 g/mol. The van der Waals surface area contributed by atoms with Gasteiger partial charge in [-0.2, -0.15) is 11.8 Å². The number of benzene rings is 1. The molecule has 4 heteroatoms. The monoisotopic (exact) mass is 259 g/mol. The lowest BCUT2D eigenvalue weighted by atomic mass is 10.0. The van der Waals surface area contributed by atoms with Crippen LogP contribution >= 0.6 is 11.8 Å². The third-order valence-corrected chi connectivity index (χ3v) is 3.27. The summed E-state index contributed by atoms with van der Waals surface area (Å²) in [5, 5.41) is 3.37. The molecule has 1 rings (SSSR count). The number of halogens is 2. The van der Waals surface area contributed by atoms with Crippen LogP contribution in [-0.2, 0) is 6.42 Å². The van der Waals surface area contributed by atoms with E-state index in [4.69, 9.17) is 0 Å². The molecule has 17 heavy (non-hydrogen) atoms. The number of thioether (sulfide) groups is 1. The fraction of sp³-hybridized carbons (Fsp3) is 0.538. The summed E-state index contributed by atoms with van der Waals surface area (Å²) in [5.74, 6) is -0.470. The van der Waals surface area contributed by atoms with Gasteiger partial charge in [0.05, 0.1) is 0 Å². The Hall–Kier alpha value is -0.610. The van der Waals surface area contributed by atoms with E-state index < -0.39 is 11.6 Å². The van der Waals surface area contributed by atoms with Gasteiger partial charge in [0.15, 0.2) is 11.6 Å². The van der Waals surface area contributed by atoms with Crippen molar-refractivity contribution in [3.63, 3.8) is 0 Å². The van der Waals surface area contributed by atoms with Gasteiger partial charge >= 0.3 is 0 Å². The zero-order valence-electron chi connectivity index (χ0n) is 10.3. The van der Waals surface area contributed by atoms with Crippen molar-refractivity contribution in [2.75, 3.05) is 18.6 Å². The standard InChI is InChI=1S/C13H19F2NS/c1-3-16-11(6-7-17-2)8-10-4-5-12(14)13(15)9-10/h4-5,9,11,16H,3,6-8H2,1-2H3. The molecule has 0 bridgehead atoms. The molecule has 96 valence electrons. The van der Waals surface area contributed by atoms with Crippen molar-refractivity contribution in [2.45, 2.75) is 25.8 Å². The van der Waals surface area contributed by atoms with Crippen LogP contribution in [0.15, 0.2) is 18.2 Å². The fourth-order valence-corrected chi connectivity index (χ4v) is 2.30. The first kappa shape index (κ1) is 14.5. The molecule has 1 nitrogen and oxygen atoms in total. The molecule has 0 aliphatic heterocycles. The molecule has 0 amide bonds. The van der Waals surface area contributed by atoms with Crippen molar-refractivity contribution in [3.05, 3.63) is 35.4 Å². The molecule has 0 fully saturated rings. The molecule has 1 atom stereocenters. The maximum atomic E-state index is 13.1. The Morgan fingerprint density at radius 1 is 1.29 bits per heavy atom. The summed E-state index contributed by atoms with van der Waals surface area (Å²) in [6.45, 7) is 2.94. The number of hydrogen-bond acceptors (Lipinski definition) is 2. The van der Waals surface area contributed by atoms with Gasteiger partial charge in [-0.15, -0.1) is 0 Å². The van der Waals surface area contributed by atoms with Gasteiger partial charge in [-0.3, -0.25) is 0 Å². The Bertz CT molecular complexity index is 344. The summed E-state index contributed by atoms with van der Waals surface area (Å²) in [4.78, 5) is 0. The van der Waals surface area contributed by atoms with Crippen molar-refractivity contribution in [1.29, 1.82) is 0 Å². The van der Waals surface area contributed by atoms with Crippen LogP contribution in [-0.4, -0.2) is 24.6 Å². The highest BCUT2D eigenvalue weighted by Crippen LogP contribution is 2.12. The van der Waals surface area contributed by atoms with E-state index in [0.717, 1.165) is 30.7 Å². The third kappa shape index (κ3) is 5.04. The van der Waals surface area contributed by atoms with Crippen LogP contribution in [0.3, 0.4) is 0 Å². The molecule has 0 aliphatic carbocycles. The number of rotatable bonds is 7. The Kier molecular flexibility index (Phi) is 6.52. The largest absolute Gasteiger partial charge is 0.314 e. The van der Waals surface area contributed by atoms with E-state index in [1.807, 2.05) is 0 Å². The smallest absolute Gasteiger partial charge is 0.159 e. The van der Waals surface area contributed by atoms with Gasteiger partial charge < -0.3 is 5.32 Å². The minimum atomic E-state index is -0.780. The molecular formula is C13H19F2NS. The second-order valence-electron chi connectivity index (χ2n) is 3.99. The van der Waals surface area contributed by atoms with Crippen molar-refractivity contribution >= 4 is 11.8 Å². The second-order valence-corrected chi connectivity index (χ2v) is 4.97. The van der Waals surface area contributed by atoms with Crippen molar-refractivity contribution in [3.8, 4) is 0 Å². The van der Waals surface area contributed by atoms with Gasteiger partial charge in [0, 0.05) is 6.04 Å². The third-order valence-electron chi connectivity index (χ3n) is 2.63. The van der Waals surface area contributed by atoms with Crippen LogP contribution in [0, 0.1) is 11.6 Å². The predicted octanol–water partition coefficient (Wildman–Crippen LogP) is 3.24. The van der Waals surface area contributed by atoms with Crippen molar-refractivity contribution in [1.82, 2.24) is 5.32 Å². The summed E-state index contributed by atoms with van der Waals surface area (Å²) in [6.07, 6.45) is 3.85. The normalized spacial score (nSPS) is 12.7. The van der Waals surface area contributed by atoms with E-state index in [1.165, 1.54) is 12.1 Å². The molecule has 0 radical (unpaired) electrons. The molecule has 0 saturated carbocycles. The predicted molar refractivity (Wildman–Crippen MR) is 70.5 cm³/mol. The van der Waals surface area contributed by atoms with E-state index in [1.54, 1.807) is 17.8 Å². The van der Waals surface area contributed by atoms with E-state index in [-0.39, 0.29) is 0 Å². The van der Waals surface area contributed by atoms with Gasteiger partial charge in [-0.25, -0.2) is 8.78 Å². The molecule has 0 spiro atoms. The topological polar surface area (TPSA) is 12.0 Å². The number of likely N-dealkylation sites (N-methyl/N-ethyl adjacent to an activating group) is 1. The van der Waals surface area contributed by atoms with Crippen LogP contribution in [0.4, 0.5) is 8.78 Å². The van der Waals surface area contributed by atoms with Crippen LogP contribution in [0.2, 0.25) is 0 Å². The summed E-state index contributed by atoms with van der Waals surface area (Å²) < 4.78 is 25.9. The van der Waals surface area contributed by atoms with Gasteiger partial charge in [0.2, 0.25) is 0 Å². The lowest BCUT2D eigenvalue weighted by Gasteiger charge is -2.17. The van der Waals surface area contributed by atoms with Gasteiger partial charge in [-0.05, 0) is 49.1 Å². The SMILES string of the molecule is CCNC(CCSC)Cc1ccc(F)c(F)c1. The lowest BCUT2D eigenvalue weighted by molar-refractivity contribution is 0.495. The summed E-state index contributed by atoms with van der Waals surface area (Å²) in [5.41, 5.74) is 0.843. The minimum absolute atomic E-state index is 0.331. The number of hydrogen-bond donors (Lipinski definition) is 1. The van der Waals surface area contributed by atoms with Gasteiger partial charge in [0.1, 0.15) is 0 Å². The van der Waals surface area contributed by atoms with Crippen LogP contribution < -0.4 is 5.32 Å². The van der Waals surface area contributed by atoms with Crippen LogP contribution in [0.25, 0.3) is 0 Å². The number of nitrogens with one attached hydrogen (secondary N) is 1. The van der Waals surface area contributed by atoms with Crippen LogP contribution in [0.5, 0.6) is 0 Å². The Labute approximate surface area is 106 Å². The van der Waals surface area contributed by atoms with E-state index in [2.05, 4.69) is 18.5 Å². The molecule has 0 heterocycles. The summed E-state index contributed by atoms with van der Waals surface area (Å²) in [7, 11) is 0. The summed E-state index contributed by atoms with van der Waals surface area (Å²) in [6, 6.07) is 4.47. The van der Waals surface area contributed by atoms with Gasteiger partial charge in [0.25, 0.3) is 0 Å². The lowest BCUT2D eigenvalue weighted by Crippen LogP contribution is -2.31. The van der Waals surface area contributed by atoms with Crippen molar-refractivity contribution < 1.29 is 8.78 Å². The minimum Gasteiger partial charge on any atom is -0.314 e. The molecule has 0 aliphatic rings. The Morgan fingerprint density at radius 2 is 2.06 bits per heavy atom. The molecule has 0 aromatic heterocycles. The average Bonchev–Trinajstić information content (AvgIpc) is 2.31. The quantitative estimate of drug-likeness (QED) is 0.807. The summed E-state index contributed by atoms with van der Waals surface area (Å²) >= 11 is 1.80. The molecule has 1 unspecified atom stereocenters. The molecule has 1 N–H and O–H groups in total. The first-order valence-corrected chi connectivity index (χ1v) is 7.23. The van der Waals surface area contributed by atoms with Crippen LogP contribution in [0.1, 0.15) is 18.9 Å².